The smallest absolute Gasteiger partial charge is 0.223 e. The summed E-state index contributed by atoms with van der Waals surface area (Å²) in [5.41, 5.74) is 0.331. The topological polar surface area (TPSA) is 65.0 Å². The van der Waals surface area contributed by atoms with Crippen LogP contribution in [0.4, 0.5) is 8.78 Å². The van der Waals surface area contributed by atoms with Gasteiger partial charge in [-0.15, -0.1) is 0 Å². The lowest BCUT2D eigenvalue weighted by Gasteiger charge is -2.21. The van der Waals surface area contributed by atoms with Gasteiger partial charge in [-0.05, 0) is 50.3 Å². The first-order valence-electron chi connectivity index (χ1n) is 7.41. The number of hydrogen-bond acceptors (Lipinski definition) is 3. The molecule has 3 N–H and O–H groups in total. The third kappa shape index (κ3) is 5.52. The average molecular weight is 311 g/mol. The molecular formula is C16H23F2N3O. The van der Waals surface area contributed by atoms with Crippen LogP contribution in [-0.4, -0.2) is 25.7 Å². The maximum absolute atomic E-state index is 13.3. The fourth-order valence-corrected chi connectivity index (χ4v) is 2.30. The van der Waals surface area contributed by atoms with Crippen molar-refractivity contribution in [3.05, 3.63) is 35.4 Å². The standard InChI is InChI=1S/C16H23F2N3O/c1-3-11(5-7-20-2)16(22)21-15(4-6-19)12-8-13(17)10-14(18)9-12/h6,8-11,15,19-20H,3-5,7H2,1-2H3,(H,21,22)/t11?,15-/m0/s1. The molecule has 0 spiro atoms. The molecule has 1 amide bonds. The second-order valence-electron chi connectivity index (χ2n) is 5.20. The Morgan fingerprint density at radius 1 is 1.32 bits per heavy atom. The summed E-state index contributed by atoms with van der Waals surface area (Å²) in [6.45, 7) is 2.64. The van der Waals surface area contributed by atoms with E-state index in [1.165, 1.54) is 12.1 Å². The molecule has 1 unspecified atom stereocenters. The minimum atomic E-state index is -0.693. The lowest BCUT2D eigenvalue weighted by Crippen LogP contribution is -2.35. The highest BCUT2D eigenvalue weighted by Crippen LogP contribution is 2.20. The molecule has 0 aliphatic carbocycles. The van der Waals surface area contributed by atoms with Crippen LogP contribution in [-0.2, 0) is 4.79 Å². The molecule has 122 valence electrons. The average Bonchev–Trinajstić information content (AvgIpc) is 2.46. The third-order valence-corrected chi connectivity index (χ3v) is 3.56. The van der Waals surface area contributed by atoms with Gasteiger partial charge in [0.25, 0.3) is 0 Å². The number of halogens is 2. The normalized spacial score (nSPS) is 13.5. The molecule has 0 aromatic heterocycles. The van der Waals surface area contributed by atoms with E-state index >= 15 is 0 Å². The number of nitrogens with one attached hydrogen (secondary N) is 3. The summed E-state index contributed by atoms with van der Waals surface area (Å²) in [5.74, 6) is -1.71. The van der Waals surface area contributed by atoms with Gasteiger partial charge < -0.3 is 16.0 Å². The number of hydrogen-bond donors (Lipinski definition) is 3. The summed E-state index contributed by atoms with van der Waals surface area (Å²) in [6.07, 6.45) is 2.69. The molecule has 0 saturated carbocycles. The Morgan fingerprint density at radius 2 is 1.95 bits per heavy atom. The highest BCUT2D eigenvalue weighted by Gasteiger charge is 2.21. The van der Waals surface area contributed by atoms with E-state index in [0.29, 0.717) is 18.4 Å². The second-order valence-corrected chi connectivity index (χ2v) is 5.20. The van der Waals surface area contributed by atoms with E-state index in [4.69, 9.17) is 5.41 Å². The van der Waals surface area contributed by atoms with Gasteiger partial charge in [-0.1, -0.05) is 6.92 Å². The number of carbonyl (C=O) groups is 1. The van der Waals surface area contributed by atoms with E-state index in [9.17, 15) is 13.6 Å². The highest BCUT2D eigenvalue weighted by molar-refractivity contribution is 5.79. The van der Waals surface area contributed by atoms with Gasteiger partial charge in [0, 0.05) is 18.4 Å². The maximum atomic E-state index is 13.3. The molecule has 2 atom stereocenters. The summed E-state index contributed by atoms with van der Waals surface area (Å²) in [4.78, 5) is 12.3. The van der Waals surface area contributed by atoms with Gasteiger partial charge in [-0.3, -0.25) is 4.79 Å². The molecule has 0 aliphatic heterocycles. The Morgan fingerprint density at radius 3 is 2.45 bits per heavy atom. The molecule has 0 heterocycles. The van der Waals surface area contributed by atoms with Crippen LogP contribution in [0.25, 0.3) is 0 Å². The Kier molecular flexibility index (Phi) is 7.66. The van der Waals surface area contributed by atoms with E-state index in [2.05, 4.69) is 10.6 Å². The highest BCUT2D eigenvalue weighted by atomic mass is 19.1. The van der Waals surface area contributed by atoms with Crippen LogP contribution in [0.3, 0.4) is 0 Å². The van der Waals surface area contributed by atoms with Crippen LogP contribution in [0, 0.1) is 23.0 Å². The van der Waals surface area contributed by atoms with Crippen LogP contribution in [0.1, 0.15) is 37.8 Å². The van der Waals surface area contributed by atoms with E-state index in [-0.39, 0.29) is 18.2 Å². The second kappa shape index (κ2) is 9.25. The summed E-state index contributed by atoms with van der Waals surface area (Å²) < 4.78 is 26.7. The number of carbonyl (C=O) groups excluding carboxylic acids is 1. The van der Waals surface area contributed by atoms with Gasteiger partial charge >= 0.3 is 0 Å². The molecule has 0 aliphatic rings. The summed E-state index contributed by atoms with van der Waals surface area (Å²) >= 11 is 0. The molecule has 22 heavy (non-hydrogen) atoms. The molecule has 1 aromatic carbocycles. The van der Waals surface area contributed by atoms with Crippen LogP contribution in [0.5, 0.6) is 0 Å². The Labute approximate surface area is 129 Å². The number of benzene rings is 1. The minimum absolute atomic E-state index is 0.158. The fraction of sp³-hybridized carbons (Fsp3) is 0.500. The van der Waals surface area contributed by atoms with Crippen molar-refractivity contribution in [1.29, 1.82) is 5.41 Å². The van der Waals surface area contributed by atoms with Gasteiger partial charge in [-0.25, -0.2) is 8.78 Å². The Balaban J connectivity index is 2.86. The molecule has 1 rings (SSSR count). The van der Waals surface area contributed by atoms with Crippen molar-refractivity contribution in [2.24, 2.45) is 5.92 Å². The van der Waals surface area contributed by atoms with Crippen LogP contribution in [0.15, 0.2) is 18.2 Å². The largest absolute Gasteiger partial charge is 0.349 e. The van der Waals surface area contributed by atoms with Crippen LogP contribution in [0.2, 0.25) is 0 Å². The SMILES string of the molecule is CCC(CCNC)C(=O)N[C@@H](CC=N)c1cc(F)cc(F)c1. The predicted octanol–water partition coefficient (Wildman–Crippen LogP) is 2.80. The maximum Gasteiger partial charge on any atom is 0.223 e. The molecule has 4 nitrogen and oxygen atoms in total. The first kappa shape index (κ1) is 18.2. The molecule has 0 bridgehead atoms. The van der Waals surface area contributed by atoms with Crippen molar-refractivity contribution in [3.8, 4) is 0 Å². The fourth-order valence-electron chi connectivity index (χ4n) is 2.30. The zero-order valence-electron chi connectivity index (χ0n) is 13.0. The van der Waals surface area contributed by atoms with Crippen molar-refractivity contribution in [2.75, 3.05) is 13.6 Å². The Hall–Kier alpha value is -1.82. The lowest BCUT2D eigenvalue weighted by molar-refractivity contribution is -0.126. The first-order valence-corrected chi connectivity index (χ1v) is 7.41. The van der Waals surface area contributed by atoms with Crippen molar-refractivity contribution in [1.82, 2.24) is 10.6 Å². The quantitative estimate of drug-likeness (QED) is 0.614. The van der Waals surface area contributed by atoms with E-state index < -0.39 is 17.7 Å². The van der Waals surface area contributed by atoms with Gasteiger partial charge in [0.2, 0.25) is 5.91 Å². The lowest BCUT2D eigenvalue weighted by atomic mass is 9.98. The summed E-state index contributed by atoms with van der Waals surface area (Å²) in [5, 5.41) is 13.0. The molecule has 6 heteroatoms. The van der Waals surface area contributed by atoms with Gasteiger partial charge in [-0.2, -0.15) is 0 Å². The summed E-state index contributed by atoms with van der Waals surface area (Å²) in [7, 11) is 1.82. The van der Waals surface area contributed by atoms with Crippen molar-refractivity contribution < 1.29 is 13.6 Å². The predicted molar refractivity (Wildman–Crippen MR) is 83.0 cm³/mol. The molecule has 0 fully saturated rings. The Bertz CT molecular complexity index is 488. The number of amides is 1. The zero-order chi connectivity index (χ0) is 16.5. The van der Waals surface area contributed by atoms with Crippen LogP contribution >= 0.6 is 0 Å². The number of rotatable bonds is 9. The van der Waals surface area contributed by atoms with Crippen molar-refractivity contribution in [2.45, 2.75) is 32.2 Å². The summed E-state index contributed by atoms with van der Waals surface area (Å²) in [6, 6.07) is 2.56. The van der Waals surface area contributed by atoms with Crippen molar-refractivity contribution >= 4 is 12.1 Å². The van der Waals surface area contributed by atoms with E-state index in [0.717, 1.165) is 18.8 Å². The van der Waals surface area contributed by atoms with Gasteiger partial charge in [0.15, 0.2) is 0 Å². The van der Waals surface area contributed by atoms with Gasteiger partial charge in [0.1, 0.15) is 11.6 Å². The van der Waals surface area contributed by atoms with Crippen molar-refractivity contribution in [3.63, 3.8) is 0 Å². The minimum Gasteiger partial charge on any atom is -0.349 e. The first-order chi connectivity index (χ1) is 10.5. The molecule has 0 saturated heterocycles. The zero-order valence-corrected chi connectivity index (χ0v) is 13.0. The molecule has 1 aromatic rings. The monoisotopic (exact) mass is 311 g/mol. The van der Waals surface area contributed by atoms with Gasteiger partial charge in [0.05, 0.1) is 6.04 Å². The van der Waals surface area contributed by atoms with E-state index in [1.54, 1.807) is 0 Å². The third-order valence-electron chi connectivity index (χ3n) is 3.56. The molecular weight excluding hydrogens is 288 g/mol. The molecule has 0 radical (unpaired) electrons. The van der Waals surface area contributed by atoms with E-state index in [1.807, 2.05) is 14.0 Å². The van der Waals surface area contributed by atoms with Crippen LogP contribution < -0.4 is 10.6 Å².